The quantitative estimate of drug-likeness (QED) is 0.859. The standard InChI is InChI=1S/C12H20N4O/c1-8(11-9(2)15-17-10(11)3)7-14-12-13-5-6-16(12)4/h8H,5-7H2,1-4H3,(H,13,14). The van der Waals surface area contributed by atoms with Gasteiger partial charge in [0, 0.05) is 31.6 Å². The van der Waals surface area contributed by atoms with Crippen LogP contribution in [-0.4, -0.2) is 42.7 Å². The first-order chi connectivity index (χ1) is 8.09. The van der Waals surface area contributed by atoms with Gasteiger partial charge in [0.2, 0.25) is 0 Å². The summed E-state index contributed by atoms with van der Waals surface area (Å²) in [4.78, 5) is 6.55. The van der Waals surface area contributed by atoms with Gasteiger partial charge < -0.3 is 14.7 Å². The molecule has 0 amide bonds. The van der Waals surface area contributed by atoms with Gasteiger partial charge >= 0.3 is 0 Å². The second-order valence-electron chi connectivity index (χ2n) is 4.65. The molecule has 1 aromatic rings. The highest BCUT2D eigenvalue weighted by molar-refractivity contribution is 5.81. The lowest BCUT2D eigenvalue weighted by molar-refractivity contribution is 0.391. The van der Waals surface area contributed by atoms with Crippen LogP contribution in [0.25, 0.3) is 0 Å². The van der Waals surface area contributed by atoms with Crippen molar-refractivity contribution in [1.29, 1.82) is 0 Å². The van der Waals surface area contributed by atoms with E-state index in [-0.39, 0.29) is 0 Å². The van der Waals surface area contributed by atoms with E-state index in [2.05, 4.69) is 34.3 Å². The molecule has 1 aliphatic heterocycles. The zero-order chi connectivity index (χ0) is 12.4. The van der Waals surface area contributed by atoms with Gasteiger partial charge in [0.25, 0.3) is 0 Å². The molecule has 0 bridgehead atoms. The molecular weight excluding hydrogens is 216 g/mol. The van der Waals surface area contributed by atoms with Gasteiger partial charge in [-0.3, -0.25) is 4.99 Å². The van der Waals surface area contributed by atoms with Crippen LogP contribution in [0.1, 0.15) is 29.9 Å². The number of guanidine groups is 1. The lowest BCUT2D eigenvalue weighted by Crippen LogP contribution is -2.37. The van der Waals surface area contributed by atoms with Crippen LogP contribution >= 0.6 is 0 Å². The average Bonchev–Trinajstić information content (AvgIpc) is 2.83. The van der Waals surface area contributed by atoms with Crippen molar-refractivity contribution in [3.63, 3.8) is 0 Å². The van der Waals surface area contributed by atoms with Gasteiger partial charge in [-0.05, 0) is 13.8 Å². The Kier molecular flexibility index (Phi) is 3.36. The van der Waals surface area contributed by atoms with Crippen LogP contribution in [-0.2, 0) is 0 Å². The molecule has 17 heavy (non-hydrogen) atoms. The van der Waals surface area contributed by atoms with Gasteiger partial charge in [-0.25, -0.2) is 0 Å². The molecule has 5 nitrogen and oxygen atoms in total. The van der Waals surface area contributed by atoms with Gasteiger partial charge in [0.1, 0.15) is 5.76 Å². The maximum Gasteiger partial charge on any atom is 0.193 e. The normalized spacial score (nSPS) is 17.2. The van der Waals surface area contributed by atoms with E-state index < -0.39 is 0 Å². The van der Waals surface area contributed by atoms with Crippen molar-refractivity contribution in [2.75, 3.05) is 26.7 Å². The predicted molar refractivity (Wildman–Crippen MR) is 67.3 cm³/mol. The highest BCUT2D eigenvalue weighted by Gasteiger charge is 2.18. The van der Waals surface area contributed by atoms with Crippen molar-refractivity contribution in [2.45, 2.75) is 26.7 Å². The largest absolute Gasteiger partial charge is 0.361 e. The second-order valence-corrected chi connectivity index (χ2v) is 4.65. The summed E-state index contributed by atoms with van der Waals surface area (Å²) in [5, 5.41) is 7.37. The predicted octanol–water partition coefficient (Wildman–Crippen LogP) is 1.29. The van der Waals surface area contributed by atoms with Crippen LogP contribution in [0, 0.1) is 13.8 Å². The van der Waals surface area contributed by atoms with Gasteiger partial charge in [0.15, 0.2) is 5.96 Å². The molecule has 2 heterocycles. The number of aromatic nitrogens is 1. The van der Waals surface area contributed by atoms with Crippen molar-refractivity contribution in [1.82, 2.24) is 15.4 Å². The third kappa shape index (κ3) is 2.43. The zero-order valence-corrected chi connectivity index (χ0v) is 10.9. The summed E-state index contributed by atoms with van der Waals surface area (Å²) in [6.45, 7) is 8.87. The maximum absolute atomic E-state index is 5.19. The molecular formula is C12H20N4O. The van der Waals surface area contributed by atoms with Crippen molar-refractivity contribution >= 4 is 5.96 Å². The summed E-state index contributed by atoms with van der Waals surface area (Å²) >= 11 is 0. The molecule has 0 saturated carbocycles. The van der Waals surface area contributed by atoms with Crippen LogP contribution in [0.4, 0.5) is 0 Å². The Morgan fingerprint density at radius 2 is 2.24 bits per heavy atom. The fraction of sp³-hybridized carbons (Fsp3) is 0.667. The first-order valence-corrected chi connectivity index (χ1v) is 6.02. The number of hydrogen-bond donors (Lipinski definition) is 1. The number of rotatable bonds is 3. The van der Waals surface area contributed by atoms with Crippen molar-refractivity contribution in [2.24, 2.45) is 4.99 Å². The molecule has 2 rings (SSSR count). The molecule has 0 aliphatic carbocycles. The molecule has 0 aromatic carbocycles. The molecule has 1 unspecified atom stereocenters. The number of likely N-dealkylation sites (N-methyl/N-ethyl adjacent to an activating group) is 1. The van der Waals surface area contributed by atoms with E-state index in [1.165, 1.54) is 5.56 Å². The van der Waals surface area contributed by atoms with Crippen LogP contribution < -0.4 is 5.32 Å². The molecule has 5 heteroatoms. The zero-order valence-electron chi connectivity index (χ0n) is 10.9. The third-order valence-corrected chi connectivity index (χ3v) is 3.21. The first kappa shape index (κ1) is 12.0. The Balaban J connectivity index is 1.96. The fourth-order valence-electron chi connectivity index (χ4n) is 2.26. The maximum atomic E-state index is 5.19. The monoisotopic (exact) mass is 236 g/mol. The number of nitrogens with one attached hydrogen (secondary N) is 1. The Bertz CT molecular complexity index is 405. The molecule has 0 radical (unpaired) electrons. The fourth-order valence-corrected chi connectivity index (χ4v) is 2.26. The summed E-state index contributed by atoms with van der Waals surface area (Å²) < 4.78 is 5.19. The summed E-state index contributed by atoms with van der Waals surface area (Å²) in [5.74, 6) is 2.28. The highest BCUT2D eigenvalue weighted by atomic mass is 16.5. The topological polar surface area (TPSA) is 53.7 Å². The van der Waals surface area contributed by atoms with Gasteiger partial charge in [0.05, 0.1) is 12.2 Å². The molecule has 1 aliphatic rings. The third-order valence-electron chi connectivity index (χ3n) is 3.21. The van der Waals surface area contributed by atoms with Crippen molar-refractivity contribution in [3.8, 4) is 0 Å². The molecule has 0 fully saturated rings. The van der Waals surface area contributed by atoms with Crippen molar-refractivity contribution in [3.05, 3.63) is 17.0 Å². The van der Waals surface area contributed by atoms with Gasteiger partial charge in [-0.2, -0.15) is 0 Å². The lowest BCUT2D eigenvalue weighted by atomic mass is 10.00. The van der Waals surface area contributed by atoms with Crippen LogP contribution in [0.15, 0.2) is 9.52 Å². The summed E-state index contributed by atoms with van der Waals surface area (Å²) in [5.41, 5.74) is 2.19. The van der Waals surface area contributed by atoms with Crippen LogP contribution in [0.3, 0.4) is 0 Å². The molecule has 1 atom stereocenters. The molecule has 1 aromatic heterocycles. The minimum Gasteiger partial charge on any atom is -0.361 e. The van der Waals surface area contributed by atoms with E-state index in [1.807, 2.05) is 13.8 Å². The summed E-state index contributed by atoms with van der Waals surface area (Å²) in [7, 11) is 2.05. The average molecular weight is 236 g/mol. The van der Waals surface area contributed by atoms with E-state index in [0.717, 1.165) is 37.0 Å². The Morgan fingerprint density at radius 3 is 2.76 bits per heavy atom. The Hall–Kier alpha value is -1.52. The first-order valence-electron chi connectivity index (χ1n) is 6.02. The number of aryl methyl sites for hydroxylation is 2. The SMILES string of the molecule is Cc1noc(C)c1C(C)CNC1=NCCN1C. The van der Waals surface area contributed by atoms with E-state index in [0.29, 0.717) is 5.92 Å². The smallest absolute Gasteiger partial charge is 0.193 e. The van der Waals surface area contributed by atoms with E-state index in [4.69, 9.17) is 4.52 Å². The number of nitrogens with zero attached hydrogens (tertiary/aromatic N) is 3. The van der Waals surface area contributed by atoms with E-state index in [9.17, 15) is 0 Å². The highest BCUT2D eigenvalue weighted by Crippen LogP contribution is 2.22. The van der Waals surface area contributed by atoms with Gasteiger partial charge in [-0.15, -0.1) is 0 Å². The van der Waals surface area contributed by atoms with E-state index in [1.54, 1.807) is 0 Å². The summed E-state index contributed by atoms with van der Waals surface area (Å²) in [6.07, 6.45) is 0. The van der Waals surface area contributed by atoms with Crippen LogP contribution in [0.5, 0.6) is 0 Å². The minimum atomic E-state index is 0.373. The second kappa shape index (κ2) is 4.77. The van der Waals surface area contributed by atoms with Crippen molar-refractivity contribution < 1.29 is 4.52 Å². The summed E-state index contributed by atoms with van der Waals surface area (Å²) in [6, 6.07) is 0. The van der Waals surface area contributed by atoms with E-state index >= 15 is 0 Å². The number of aliphatic imine (C=N–C) groups is 1. The minimum absolute atomic E-state index is 0.373. The Morgan fingerprint density at radius 1 is 1.47 bits per heavy atom. The molecule has 0 spiro atoms. The van der Waals surface area contributed by atoms with Gasteiger partial charge in [-0.1, -0.05) is 12.1 Å². The number of hydrogen-bond acceptors (Lipinski definition) is 5. The molecule has 1 N–H and O–H groups in total. The Labute approximate surface area is 102 Å². The molecule has 0 saturated heterocycles. The lowest BCUT2D eigenvalue weighted by Gasteiger charge is -2.18. The molecule has 94 valence electrons. The van der Waals surface area contributed by atoms with Crippen LogP contribution in [0.2, 0.25) is 0 Å².